The van der Waals surface area contributed by atoms with Crippen LogP contribution in [0.4, 0.5) is 22.1 Å². The lowest BCUT2D eigenvalue weighted by molar-refractivity contribution is 0.262. The van der Waals surface area contributed by atoms with Crippen LogP contribution in [0.1, 0.15) is 26.3 Å². The van der Waals surface area contributed by atoms with Gasteiger partial charge in [-0.25, -0.2) is 14.8 Å². The van der Waals surface area contributed by atoms with E-state index >= 15 is 0 Å². The average Bonchev–Trinajstić information content (AvgIpc) is 2.62. The highest BCUT2D eigenvalue weighted by atomic mass is 16.2. The zero-order valence-corrected chi connectivity index (χ0v) is 16.5. The van der Waals surface area contributed by atoms with Crippen molar-refractivity contribution in [3.05, 3.63) is 42.2 Å². The van der Waals surface area contributed by atoms with Crippen molar-refractivity contribution in [3.8, 4) is 0 Å². The Kier molecular flexibility index (Phi) is 5.60. The molecular formula is C20H28N6O. The Balaban J connectivity index is 1.60. The van der Waals surface area contributed by atoms with Crippen LogP contribution in [0.3, 0.4) is 0 Å². The number of aromatic nitrogens is 2. The number of hydrogen-bond acceptors (Lipinski definition) is 5. The second-order valence-corrected chi connectivity index (χ2v) is 7.96. The van der Waals surface area contributed by atoms with Crippen LogP contribution in [-0.2, 0) is 5.41 Å². The molecule has 0 bridgehead atoms. The first-order chi connectivity index (χ1) is 12.8. The van der Waals surface area contributed by atoms with Crippen LogP contribution in [0.15, 0.2) is 36.7 Å². The molecule has 0 atom stereocenters. The lowest BCUT2D eigenvalue weighted by Gasteiger charge is -2.33. The minimum absolute atomic E-state index is 0.0847. The highest BCUT2D eigenvalue weighted by Gasteiger charge is 2.16. The highest BCUT2D eigenvalue weighted by Crippen LogP contribution is 2.23. The van der Waals surface area contributed by atoms with Crippen molar-refractivity contribution in [1.82, 2.24) is 14.9 Å². The second-order valence-electron chi connectivity index (χ2n) is 7.96. The fraction of sp³-hybridized carbons (Fsp3) is 0.450. The van der Waals surface area contributed by atoms with Crippen molar-refractivity contribution in [2.75, 3.05) is 48.8 Å². The predicted octanol–water partition coefficient (Wildman–Crippen LogP) is 3.17. The van der Waals surface area contributed by atoms with Gasteiger partial charge in [0.1, 0.15) is 18.0 Å². The van der Waals surface area contributed by atoms with E-state index in [1.807, 2.05) is 30.3 Å². The molecule has 1 aromatic heterocycles. The van der Waals surface area contributed by atoms with Crippen LogP contribution in [-0.4, -0.2) is 54.1 Å². The van der Waals surface area contributed by atoms with Crippen molar-refractivity contribution in [2.24, 2.45) is 0 Å². The first kappa shape index (κ1) is 19.1. The van der Waals surface area contributed by atoms with Gasteiger partial charge < -0.3 is 15.1 Å². The van der Waals surface area contributed by atoms with Gasteiger partial charge in [0.15, 0.2) is 0 Å². The normalized spacial score (nSPS) is 15.5. The van der Waals surface area contributed by atoms with E-state index < -0.39 is 0 Å². The lowest BCUT2D eigenvalue weighted by Crippen LogP contribution is -2.44. The summed E-state index contributed by atoms with van der Waals surface area (Å²) in [5, 5.41) is 5.63. The summed E-state index contributed by atoms with van der Waals surface area (Å²) >= 11 is 0. The molecule has 3 rings (SSSR count). The average molecular weight is 368 g/mol. The van der Waals surface area contributed by atoms with Gasteiger partial charge in [-0.1, -0.05) is 32.9 Å². The summed E-state index contributed by atoms with van der Waals surface area (Å²) in [6.45, 7) is 10.3. The van der Waals surface area contributed by atoms with E-state index in [1.54, 1.807) is 0 Å². The fourth-order valence-electron chi connectivity index (χ4n) is 2.96. The largest absolute Gasteiger partial charge is 0.354 e. The molecule has 1 aliphatic rings. The van der Waals surface area contributed by atoms with Crippen LogP contribution < -0.4 is 15.5 Å². The topological polar surface area (TPSA) is 73.4 Å². The zero-order valence-electron chi connectivity index (χ0n) is 16.5. The van der Waals surface area contributed by atoms with Gasteiger partial charge in [0.2, 0.25) is 0 Å². The molecule has 2 heterocycles. The first-order valence-electron chi connectivity index (χ1n) is 9.25. The predicted molar refractivity (Wildman–Crippen MR) is 110 cm³/mol. The van der Waals surface area contributed by atoms with Crippen LogP contribution in [0.25, 0.3) is 0 Å². The van der Waals surface area contributed by atoms with Crippen molar-refractivity contribution < 1.29 is 4.79 Å². The van der Waals surface area contributed by atoms with Crippen LogP contribution >= 0.6 is 0 Å². The van der Waals surface area contributed by atoms with E-state index in [2.05, 4.69) is 58.2 Å². The lowest BCUT2D eigenvalue weighted by atomic mass is 9.87. The summed E-state index contributed by atoms with van der Waals surface area (Å²) in [7, 11) is 2.11. The maximum absolute atomic E-state index is 12.3. The van der Waals surface area contributed by atoms with Crippen molar-refractivity contribution >= 4 is 23.4 Å². The van der Waals surface area contributed by atoms with Crippen molar-refractivity contribution in [3.63, 3.8) is 0 Å². The third-order valence-corrected chi connectivity index (χ3v) is 4.73. The number of hydrogen-bond donors (Lipinski definition) is 2. The summed E-state index contributed by atoms with van der Waals surface area (Å²) in [6.07, 6.45) is 1.49. The van der Waals surface area contributed by atoms with Crippen LogP contribution in [0, 0.1) is 0 Å². The number of carbonyl (C=O) groups excluding carboxylic acids is 1. The number of carbonyl (C=O) groups is 1. The molecule has 1 aliphatic heterocycles. The van der Waals surface area contributed by atoms with Crippen molar-refractivity contribution in [1.29, 1.82) is 0 Å². The number of piperazine rings is 1. The van der Waals surface area contributed by atoms with Gasteiger partial charge in [-0.3, -0.25) is 5.32 Å². The number of amides is 2. The fourth-order valence-corrected chi connectivity index (χ4v) is 2.96. The van der Waals surface area contributed by atoms with Crippen LogP contribution in [0.5, 0.6) is 0 Å². The molecule has 0 unspecified atom stereocenters. The molecule has 2 aromatic rings. The monoisotopic (exact) mass is 368 g/mol. The van der Waals surface area contributed by atoms with Gasteiger partial charge in [-0.2, -0.15) is 0 Å². The second kappa shape index (κ2) is 7.92. The van der Waals surface area contributed by atoms with Gasteiger partial charge in [0, 0.05) is 37.9 Å². The Labute approximate surface area is 160 Å². The number of nitrogens with zero attached hydrogens (tertiary/aromatic N) is 4. The molecule has 2 amide bonds. The van der Waals surface area contributed by atoms with Crippen molar-refractivity contribution in [2.45, 2.75) is 26.2 Å². The Morgan fingerprint density at radius 1 is 1.00 bits per heavy atom. The van der Waals surface area contributed by atoms with Gasteiger partial charge in [-0.15, -0.1) is 0 Å². The summed E-state index contributed by atoms with van der Waals surface area (Å²) in [5.41, 5.74) is 2.05. The molecule has 7 heteroatoms. The highest BCUT2D eigenvalue weighted by molar-refractivity contribution is 5.99. The van der Waals surface area contributed by atoms with E-state index in [0.717, 1.165) is 37.7 Å². The van der Waals surface area contributed by atoms with E-state index in [9.17, 15) is 4.79 Å². The number of anilines is 3. The molecule has 27 heavy (non-hydrogen) atoms. The molecule has 0 radical (unpaired) electrons. The third kappa shape index (κ3) is 5.17. The van der Waals surface area contributed by atoms with Gasteiger partial charge >= 0.3 is 6.03 Å². The summed E-state index contributed by atoms with van der Waals surface area (Å²) in [6, 6.07) is 9.39. The standard InChI is InChI=1S/C20H28N6O/c1-20(2,3)15-5-7-16(8-6-15)23-19(27)24-17-13-18(22-14-21-17)26-11-9-25(4)10-12-26/h5-8,13-14H,9-12H2,1-4H3,(H2,21,22,23,24,27). The summed E-state index contributed by atoms with van der Waals surface area (Å²) in [4.78, 5) is 25.3. The molecule has 1 aromatic carbocycles. The van der Waals surface area contributed by atoms with Gasteiger partial charge in [-0.05, 0) is 30.2 Å². The molecule has 1 fully saturated rings. The Bertz CT molecular complexity index is 776. The summed E-state index contributed by atoms with van der Waals surface area (Å²) in [5.74, 6) is 1.32. The Hall–Kier alpha value is -2.67. The minimum atomic E-state index is -0.318. The smallest absolute Gasteiger partial charge is 0.324 e. The molecule has 2 N–H and O–H groups in total. The summed E-state index contributed by atoms with van der Waals surface area (Å²) < 4.78 is 0. The minimum Gasteiger partial charge on any atom is -0.354 e. The third-order valence-electron chi connectivity index (χ3n) is 4.73. The number of nitrogens with one attached hydrogen (secondary N) is 2. The molecule has 0 aliphatic carbocycles. The molecule has 0 saturated carbocycles. The maximum atomic E-state index is 12.3. The van der Waals surface area contributed by atoms with E-state index in [0.29, 0.717) is 5.82 Å². The SMILES string of the molecule is CN1CCN(c2cc(NC(=O)Nc3ccc(C(C)(C)C)cc3)ncn2)CC1. The van der Waals surface area contributed by atoms with E-state index in [4.69, 9.17) is 0 Å². The van der Waals surface area contributed by atoms with E-state index in [-0.39, 0.29) is 11.4 Å². The molecular weight excluding hydrogens is 340 g/mol. The molecule has 7 nitrogen and oxygen atoms in total. The number of likely N-dealkylation sites (N-methyl/N-ethyl adjacent to an activating group) is 1. The number of benzene rings is 1. The molecule has 144 valence electrons. The quantitative estimate of drug-likeness (QED) is 0.870. The van der Waals surface area contributed by atoms with Crippen LogP contribution in [0.2, 0.25) is 0 Å². The molecule has 1 saturated heterocycles. The van der Waals surface area contributed by atoms with Gasteiger partial charge in [0.05, 0.1) is 0 Å². The Morgan fingerprint density at radius 2 is 1.67 bits per heavy atom. The number of urea groups is 1. The first-order valence-corrected chi connectivity index (χ1v) is 9.25. The number of rotatable bonds is 3. The van der Waals surface area contributed by atoms with E-state index in [1.165, 1.54) is 11.9 Å². The maximum Gasteiger partial charge on any atom is 0.324 e. The zero-order chi connectivity index (χ0) is 19.4. The van der Waals surface area contributed by atoms with Gasteiger partial charge in [0.25, 0.3) is 0 Å². The Morgan fingerprint density at radius 3 is 2.30 bits per heavy atom. The molecule has 0 spiro atoms.